The Bertz CT molecular complexity index is 476. The first-order chi connectivity index (χ1) is 10.1. The summed E-state index contributed by atoms with van der Waals surface area (Å²) in [6.45, 7) is 2.29. The van der Waals surface area contributed by atoms with Crippen LogP contribution in [-0.4, -0.2) is 0 Å². The molecule has 1 aromatic carbocycles. The molecule has 0 bridgehead atoms. The van der Waals surface area contributed by atoms with E-state index in [-0.39, 0.29) is 0 Å². The van der Waals surface area contributed by atoms with Crippen LogP contribution in [0.25, 0.3) is 0 Å². The molecule has 116 valence electrons. The van der Waals surface area contributed by atoms with Gasteiger partial charge in [0.15, 0.2) is 11.6 Å². The minimum Gasteiger partial charge on any atom is -0.204 e. The van der Waals surface area contributed by atoms with Gasteiger partial charge in [-0.25, -0.2) is 8.78 Å². The Balaban J connectivity index is 1.66. The summed E-state index contributed by atoms with van der Waals surface area (Å²) in [6, 6.07) is 4.47. The summed E-state index contributed by atoms with van der Waals surface area (Å²) in [4.78, 5) is 0. The maximum absolute atomic E-state index is 13.5. The Morgan fingerprint density at radius 3 is 2.29 bits per heavy atom. The van der Waals surface area contributed by atoms with E-state index >= 15 is 0 Å². The van der Waals surface area contributed by atoms with Crippen molar-refractivity contribution >= 4 is 0 Å². The highest BCUT2D eigenvalue weighted by atomic mass is 19.2. The lowest BCUT2D eigenvalue weighted by Gasteiger charge is -2.39. The fourth-order valence-corrected chi connectivity index (χ4v) is 4.71. The summed E-state index contributed by atoms with van der Waals surface area (Å²) in [5.74, 6) is 1.33. The van der Waals surface area contributed by atoms with E-state index in [2.05, 4.69) is 6.92 Å². The molecule has 0 amide bonds. The molecule has 2 heteroatoms. The van der Waals surface area contributed by atoms with Gasteiger partial charge in [0.2, 0.25) is 0 Å². The highest BCUT2D eigenvalue weighted by Gasteiger charge is 2.33. The van der Waals surface area contributed by atoms with Crippen molar-refractivity contribution in [2.24, 2.45) is 17.8 Å². The molecule has 0 heterocycles. The van der Waals surface area contributed by atoms with Gasteiger partial charge in [0.25, 0.3) is 0 Å². The summed E-state index contributed by atoms with van der Waals surface area (Å²) in [5.41, 5.74) is 0.989. The number of hydrogen-bond acceptors (Lipinski definition) is 0. The lowest BCUT2D eigenvalue weighted by molar-refractivity contribution is 0.150. The quantitative estimate of drug-likeness (QED) is 0.621. The third-order valence-corrected chi connectivity index (χ3v) is 5.90. The van der Waals surface area contributed by atoms with Crippen LogP contribution in [0.2, 0.25) is 0 Å². The summed E-state index contributed by atoms with van der Waals surface area (Å²) < 4.78 is 26.5. The van der Waals surface area contributed by atoms with Gasteiger partial charge in [-0.15, -0.1) is 0 Å². The zero-order valence-corrected chi connectivity index (χ0v) is 13.0. The van der Waals surface area contributed by atoms with Gasteiger partial charge in [0.05, 0.1) is 0 Å². The van der Waals surface area contributed by atoms with E-state index in [1.807, 2.05) is 0 Å². The average Bonchev–Trinajstić information content (AvgIpc) is 2.51. The Morgan fingerprint density at radius 1 is 0.857 bits per heavy atom. The maximum atomic E-state index is 13.5. The molecule has 0 radical (unpaired) electrons. The number of benzene rings is 1. The fraction of sp³-hybridized carbons (Fsp3) is 0.684. The fourth-order valence-electron chi connectivity index (χ4n) is 4.71. The molecular formula is C19H26F2. The third kappa shape index (κ3) is 3.30. The van der Waals surface area contributed by atoms with Gasteiger partial charge in [-0.1, -0.05) is 45.1 Å². The summed E-state index contributed by atoms with van der Waals surface area (Å²) >= 11 is 0. The van der Waals surface area contributed by atoms with Gasteiger partial charge in [-0.05, 0) is 60.6 Å². The molecule has 1 aromatic rings. The van der Waals surface area contributed by atoms with E-state index in [1.165, 1.54) is 57.1 Å². The molecule has 3 atom stereocenters. The van der Waals surface area contributed by atoms with Crippen molar-refractivity contribution in [3.05, 3.63) is 35.4 Å². The van der Waals surface area contributed by atoms with Gasteiger partial charge in [-0.2, -0.15) is 0 Å². The highest BCUT2D eigenvalue weighted by molar-refractivity contribution is 5.23. The van der Waals surface area contributed by atoms with Crippen molar-refractivity contribution in [2.75, 3.05) is 0 Å². The molecule has 0 spiro atoms. The van der Waals surface area contributed by atoms with E-state index < -0.39 is 11.6 Å². The summed E-state index contributed by atoms with van der Waals surface area (Å²) in [6.07, 6.45) is 10.7. The van der Waals surface area contributed by atoms with Crippen LogP contribution in [0, 0.1) is 29.4 Å². The molecular weight excluding hydrogens is 266 g/mol. The molecule has 0 nitrogen and oxygen atoms in total. The van der Waals surface area contributed by atoms with Crippen LogP contribution in [-0.2, 0) is 0 Å². The number of hydrogen-bond donors (Lipinski definition) is 0. The Kier molecular flexibility index (Phi) is 4.61. The van der Waals surface area contributed by atoms with Crippen molar-refractivity contribution < 1.29 is 8.78 Å². The second-order valence-corrected chi connectivity index (χ2v) is 7.23. The Morgan fingerprint density at radius 2 is 1.62 bits per heavy atom. The van der Waals surface area contributed by atoms with Crippen molar-refractivity contribution in [1.82, 2.24) is 0 Å². The molecule has 2 aliphatic rings. The lowest BCUT2D eigenvalue weighted by atomic mass is 9.66. The second-order valence-electron chi connectivity index (χ2n) is 7.23. The van der Waals surface area contributed by atoms with E-state index in [0.29, 0.717) is 11.8 Å². The first kappa shape index (κ1) is 15.0. The summed E-state index contributed by atoms with van der Waals surface area (Å²) in [7, 11) is 0. The summed E-state index contributed by atoms with van der Waals surface area (Å²) in [5, 5.41) is 0. The van der Waals surface area contributed by atoms with Gasteiger partial charge in [0.1, 0.15) is 0 Å². The predicted molar refractivity (Wildman–Crippen MR) is 82.2 cm³/mol. The average molecular weight is 292 g/mol. The van der Waals surface area contributed by atoms with E-state index in [1.54, 1.807) is 6.07 Å². The first-order valence-corrected chi connectivity index (χ1v) is 8.60. The zero-order valence-electron chi connectivity index (χ0n) is 13.0. The Labute approximate surface area is 126 Å². The van der Waals surface area contributed by atoms with E-state index in [9.17, 15) is 8.78 Å². The molecule has 0 aliphatic heterocycles. The lowest BCUT2D eigenvalue weighted by Crippen LogP contribution is -2.27. The topological polar surface area (TPSA) is 0 Å². The van der Waals surface area contributed by atoms with Crippen LogP contribution in [0.3, 0.4) is 0 Å². The first-order valence-electron chi connectivity index (χ1n) is 8.60. The van der Waals surface area contributed by atoms with Gasteiger partial charge < -0.3 is 0 Å². The minimum atomic E-state index is -0.734. The maximum Gasteiger partial charge on any atom is 0.159 e. The van der Waals surface area contributed by atoms with Gasteiger partial charge in [-0.3, -0.25) is 0 Å². The molecule has 21 heavy (non-hydrogen) atoms. The molecule has 2 saturated carbocycles. The molecule has 0 saturated heterocycles. The van der Waals surface area contributed by atoms with E-state index in [0.717, 1.165) is 23.8 Å². The van der Waals surface area contributed by atoms with Gasteiger partial charge in [0, 0.05) is 0 Å². The minimum absolute atomic E-state index is 0.403. The number of rotatable bonds is 2. The van der Waals surface area contributed by atoms with Crippen molar-refractivity contribution in [3.63, 3.8) is 0 Å². The molecule has 2 fully saturated rings. The second kappa shape index (κ2) is 6.46. The SMILES string of the molecule is CC1CC(C2CCCCC2)CCC1c1ccc(F)c(F)c1. The zero-order chi connectivity index (χ0) is 14.8. The van der Waals surface area contributed by atoms with Crippen molar-refractivity contribution in [2.45, 2.75) is 64.2 Å². The molecule has 2 aliphatic carbocycles. The van der Waals surface area contributed by atoms with Crippen molar-refractivity contribution in [3.8, 4) is 0 Å². The van der Waals surface area contributed by atoms with Gasteiger partial charge >= 0.3 is 0 Å². The standard InChI is InChI=1S/C19H26F2/c1-13-11-15(14-5-3-2-4-6-14)7-9-17(13)16-8-10-18(20)19(21)12-16/h8,10,12-15,17H,2-7,9,11H2,1H3. The smallest absolute Gasteiger partial charge is 0.159 e. The van der Waals surface area contributed by atoms with Crippen LogP contribution in [0.5, 0.6) is 0 Å². The van der Waals surface area contributed by atoms with Crippen LogP contribution >= 0.6 is 0 Å². The van der Waals surface area contributed by atoms with Crippen LogP contribution in [0.15, 0.2) is 18.2 Å². The van der Waals surface area contributed by atoms with Crippen LogP contribution in [0.4, 0.5) is 8.78 Å². The molecule has 0 N–H and O–H groups in total. The number of halogens is 2. The largest absolute Gasteiger partial charge is 0.204 e. The predicted octanol–water partition coefficient (Wildman–Crippen LogP) is 6.06. The molecule has 3 unspecified atom stereocenters. The highest BCUT2D eigenvalue weighted by Crippen LogP contribution is 2.45. The van der Waals surface area contributed by atoms with Crippen LogP contribution in [0.1, 0.15) is 69.8 Å². The monoisotopic (exact) mass is 292 g/mol. The van der Waals surface area contributed by atoms with Crippen LogP contribution < -0.4 is 0 Å². The third-order valence-electron chi connectivity index (χ3n) is 5.90. The molecule has 3 rings (SSSR count). The Hall–Kier alpha value is -0.920. The van der Waals surface area contributed by atoms with E-state index in [4.69, 9.17) is 0 Å². The van der Waals surface area contributed by atoms with Crippen molar-refractivity contribution in [1.29, 1.82) is 0 Å². The normalized spacial score (nSPS) is 31.3. The molecule has 0 aromatic heterocycles.